The molecular formula is C18H18N2O3S. The Kier molecular flexibility index (Phi) is 5.15. The minimum absolute atomic E-state index is 0.0356. The third-order valence-corrected chi connectivity index (χ3v) is 4.70. The second kappa shape index (κ2) is 7.49. The van der Waals surface area contributed by atoms with Crippen LogP contribution in [0.3, 0.4) is 0 Å². The molecule has 0 N–H and O–H groups in total. The fourth-order valence-corrected chi connectivity index (χ4v) is 2.87. The summed E-state index contributed by atoms with van der Waals surface area (Å²) in [6, 6.07) is 11.3. The van der Waals surface area contributed by atoms with Gasteiger partial charge in [0.2, 0.25) is 0 Å². The van der Waals surface area contributed by atoms with Crippen molar-refractivity contribution in [3.63, 3.8) is 0 Å². The number of ketones is 1. The van der Waals surface area contributed by atoms with Gasteiger partial charge in [0, 0.05) is 5.56 Å². The van der Waals surface area contributed by atoms with E-state index in [9.17, 15) is 4.79 Å². The quantitative estimate of drug-likeness (QED) is 0.453. The normalized spacial score (nSPS) is 12.2. The van der Waals surface area contributed by atoms with E-state index in [2.05, 4.69) is 24.0 Å². The molecule has 0 amide bonds. The molecule has 6 heteroatoms. The van der Waals surface area contributed by atoms with Crippen molar-refractivity contribution >= 4 is 17.5 Å². The highest BCUT2D eigenvalue weighted by atomic mass is 32.2. The number of thioether (sulfide) groups is 1. The van der Waals surface area contributed by atoms with E-state index in [0.717, 1.165) is 6.42 Å². The van der Waals surface area contributed by atoms with Crippen LogP contribution in [0.2, 0.25) is 0 Å². The molecule has 1 aromatic carbocycles. The van der Waals surface area contributed by atoms with Gasteiger partial charge >= 0.3 is 0 Å². The summed E-state index contributed by atoms with van der Waals surface area (Å²) in [6.07, 6.45) is 2.62. The number of carbonyl (C=O) groups is 1. The summed E-state index contributed by atoms with van der Waals surface area (Å²) in [5, 5.41) is 8.18. The topological polar surface area (TPSA) is 69.1 Å². The number of nitrogens with zero attached hydrogens (tertiary/aromatic N) is 2. The van der Waals surface area contributed by atoms with Gasteiger partial charge in [0.1, 0.15) is 0 Å². The summed E-state index contributed by atoms with van der Waals surface area (Å²) in [4.78, 5) is 12.3. The van der Waals surface area contributed by atoms with Crippen molar-refractivity contribution in [2.24, 2.45) is 0 Å². The van der Waals surface area contributed by atoms with Crippen LogP contribution in [0.25, 0.3) is 11.7 Å². The number of furan rings is 1. The molecule has 0 saturated carbocycles. The minimum atomic E-state index is 0.0356. The Balaban J connectivity index is 1.59. The minimum Gasteiger partial charge on any atom is -0.459 e. The zero-order valence-electron chi connectivity index (χ0n) is 13.6. The van der Waals surface area contributed by atoms with Crippen molar-refractivity contribution in [1.82, 2.24) is 10.2 Å². The van der Waals surface area contributed by atoms with E-state index < -0.39 is 0 Å². The van der Waals surface area contributed by atoms with Crippen LogP contribution in [-0.4, -0.2) is 21.7 Å². The summed E-state index contributed by atoms with van der Waals surface area (Å²) in [5.41, 5.74) is 1.95. The number of hydrogen-bond acceptors (Lipinski definition) is 6. The Morgan fingerprint density at radius 3 is 2.67 bits per heavy atom. The van der Waals surface area contributed by atoms with Crippen molar-refractivity contribution in [3.05, 3.63) is 53.8 Å². The van der Waals surface area contributed by atoms with Crippen LogP contribution in [0.4, 0.5) is 0 Å². The van der Waals surface area contributed by atoms with Gasteiger partial charge in [-0.05, 0) is 30.0 Å². The highest BCUT2D eigenvalue weighted by molar-refractivity contribution is 7.99. The monoisotopic (exact) mass is 342 g/mol. The van der Waals surface area contributed by atoms with Crippen LogP contribution >= 0.6 is 11.8 Å². The maximum Gasteiger partial charge on any atom is 0.284 e. The molecule has 0 bridgehead atoms. The largest absolute Gasteiger partial charge is 0.459 e. The van der Waals surface area contributed by atoms with Gasteiger partial charge in [0.15, 0.2) is 11.5 Å². The van der Waals surface area contributed by atoms with Crippen molar-refractivity contribution < 1.29 is 13.6 Å². The Morgan fingerprint density at radius 1 is 1.21 bits per heavy atom. The molecule has 0 saturated heterocycles. The number of benzene rings is 1. The highest BCUT2D eigenvalue weighted by Gasteiger charge is 2.14. The Hall–Kier alpha value is -2.34. The molecule has 0 unspecified atom stereocenters. The van der Waals surface area contributed by atoms with Crippen LogP contribution in [0, 0.1) is 0 Å². The standard InChI is InChI=1S/C18H18N2O3S/c1-3-12(2)13-6-8-14(9-7-13)15(21)11-24-18-20-19-17(23-18)16-5-4-10-22-16/h4-10,12H,3,11H2,1-2H3/t12-/m1/s1. The van der Waals surface area contributed by atoms with Crippen molar-refractivity contribution in [2.75, 3.05) is 5.75 Å². The molecule has 5 nitrogen and oxygen atoms in total. The van der Waals surface area contributed by atoms with E-state index >= 15 is 0 Å². The van der Waals surface area contributed by atoms with Crippen LogP contribution < -0.4 is 0 Å². The second-order valence-electron chi connectivity index (χ2n) is 5.49. The van der Waals surface area contributed by atoms with Crippen molar-refractivity contribution in [1.29, 1.82) is 0 Å². The number of Topliss-reactive ketones (excluding diaryl/α,β-unsaturated/α-hetero) is 1. The molecule has 3 aromatic rings. The van der Waals surface area contributed by atoms with Crippen molar-refractivity contribution in [3.8, 4) is 11.7 Å². The number of carbonyl (C=O) groups excluding carboxylic acids is 1. The molecule has 2 heterocycles. The first-order valence-corrected chi connectivity index (χ1v) is 8.79. The zero-order chi connectivity index (χ0) is 16.9. The maximum absolute atomic E-state index is 12.3. The number of hydrogen-bond donors (Lipinski definition) is 0. The third-order valence-electron chi connectivity index (χ3n) is 3.88. The summed E-state index contributed by atoms with van der Waals surface area (Å²) in [5.74, 6) is 1.62. The van der Waals surface area contributed by atoms with E-state index in [1.807, 2.05) is 24.3 Å². The van der Waals surface area contributed by atoms with E-state index in [1.165, 1.54) is 17.3 Å². The van der Waals surface area contributed by atoms with Gasteiger partial charge in [-0.1, -0.05) is 49.9 Å². The number of aromatic nitrogens is 2. The molecule has 0 radical (unpaired) electrons. The summed E-state index contributed by atoms with van der Waals surface area (Å²) in [6.45, 7) is 4.33. The van der Waals surface area contributed by atoms with E-state index in [0.29, 0.717) is 28.4 Å². The second-order valence-corrected chi connectivity index (χ2v) is 6.42. The Labute approximate surface area is 144 Å². The molecule has 1 atom stereocenters. The molecule has 0 aliphatic heterocycles. The lowest BCUT2D eigenvalue weighted by Gasteiger charge is -2.09. The molecular weight excluding hydrogens is 324 g/mol. The molecule has 0 aliphatic rings. The van der Waals surface area contributed by atoms with Gasteiger partial charge in [-0.15, -0.1) is 10.2 Å². The van der Waals surface area contributed by atoms with Gasteiger partial charge in [-0.3, -0.25) is 4.79 Å². The SMILES string of the molecule is CC[C@@H](C)c1ccc(C(=O)CSc2nnc(-c3ccco3)o2)cc1. The first kappa shape index (κ1) is 16.5. The van der Waals surface area contributed by atoms with E-state index in [4.69, 9.17) is 8.83 Å². The maximum atomic E-state index is 12.3. The Morgan fingerprint density at radius 2 is 2.00 bits per heavy atom. The summed E-state index contributed by atoms with van der Waals surface area (Å²) >= 11 is 1.22. The summed E-state index contributed by atoms with van der Waals surface area (Å²) < 4.78 is 10.7. The predicted molar refractivity (Wildman–Crippen MR) is 92.2 cm³/mol. The van der Waals surface area contributed by atoms with Crippen LogP contribution in [0.15, 0.2) is 56.7 Å². The van der Waals surface area contributed by atoms with Gasteiger partial charge in [0.25, 0.3) is 11.1 Å². The van der Waals surface area contributed by atoms with Crippen molar-refractivity contribution in [2.45, 2.75) is 31.4 Å². The number of rotatable bonds is 7. The fourth-order valence-electron chi connectivity index (χ4n) is 2.21. The molecule has 24 heavy (non-hydrogen) atoms. The van der Waals surface area contributed by atoms with Crippen LogP contribution in [0.5, 0.6) is 0 Å². The fraction of sp³-hybridized carbons (Fsp3) is 0.278. The average Bonchev–Trinajstić information content (AvgIpc) is 3.30. The molecule has 0 aliphatic carbocycles. The van der Waals surface area contributed by atoms with Gasteiger partial charge < -0.3 is 8.83 Å². The van der Waals surface area contributed by atoms with E-state index in [-0.39, 0.29) is 11.5 Å². The third kappa shape index (κ3) is 3.76. The predicted octanol–water partition coefficient (Wildman–Crippen LogP) is 4.82. The molecule has 2 aromatic heterocycles. The first-order valence-electron chi connectivity index (χ1n) is 7.80. The highest BCUT2D eigenvalue weighted by Crippen LogP contribution is 2.24. The zero-order valence-corrected chi connectivity index (χ0v) is 14.4. The van der Waals surface area contributed by atoms with Crippen LogP contribution in [0.1, 0.15) is 42.1 Å². The molecule has 0 spiro atoms. The lowest BCUT2D eigenvalue weighted by atomic mass is 9.97. The first-order chi connectivity index (χ1) is 11.7. The van der Waals surface area contributed by atoms with Gasteiger partial charge in [-0.25, -0.2) is 0 Å². The van der Waals surface area contributed by atoms with Gasteiger partial charge in [0.05, 0.1) is 12.0 Å². The average molecular weight is 342 g/mol. The molecule has 0 fully saturated rings. The molecule has 124 valence electrons. The van der Waals surface area contributed by atoms with Crippen LogP contribution in [-0.2, 0) is 0 Å². The van der Waals surface area contributed by atoms with Gasteiger partial charge in [-0.2, -0.15) is 0 Å². The summed E-state index contributed by atoms with van der Waals surface area (Å²) in [7, 11) is 0. The van der Waals surface area contributed by atoms with E-state index in [1.54, 1.807) is 18.4 Å². The lowest BCUT2D eigenvalue weighted by molar-refractivity contribution is 0.102. The molecule has 3 rings (SSSR count). The smallest absolute Gasteiger partial charge is 0.284 e. The Bertz CT molecular complexity index is 794. The lowest BCUT2D eigenvalue weighted by Crippen LogP contribution is -2.03.